The van der Waals surface area contributed by atoms with Gasteiger partial charge in [0, 0.05) is 12.6 Å². The predicted octanol–water partition coefficient (Wildman–Crippen LogP) is 0.389. The number of carbonyl (C=O) groups is 1. The molecule has 0 saturated carbocycles. The molecule has 0 aromatic heterocycles. The summed E-state index contributed by atoms with van der Waals surface area (Å²) >= 11 is 0. The number of nitrogens with one attached hydrogen (secondary N) is 1. The van der Waals surface area contributed by atoms with Crippen LogP contribution in [0.5, 0.6) is 0 Å². The number of aliphatic carboxylic acids is 1. The van der Waals surface area contributed by atoms with Gasteiger partial charge in [0.1, 0.15) is 6.04 Å². The van der Waals surface area contributed by atoms with Crippen LogP contribution < -0.4 is 5.32 Å². The Morgan fingerprint density at radius 1 is 1.54 bits per heavy atom. The SMILES string of the molecule is CCN(C)CC(NC(C)C)C(=O)O. The van der Waals surface area contributed by atoms with Gasteiger partial charge in [-0.2, -0.15) is 0 Å². The topological polar surface area (TPSA) is 52.6 Å². The zero-order valence-electron chi connectivity index (χ0n) is 8.87. The summed E-state index contributed by atoms with van der Waals surface area (Å²) in [7, 11) is 1.91. The summed E-state index contributed by atoms with van der Waals surface area (Å²) in [6.45, 7) is 7.31. The van der Waals surface area contributed by atoms with Gasteiger partial charge >= 0.3 is 5.97 Å². The van der Waals surface area contributed by atoms with Gasteiger partial charge in [-0.3, -0.25) is 4.79 Å². The molecule has 4 heteroatoms. The minimum atomic E-state index is -0.783. The van der Waals surface area contributed by atoms with E-state index in [1.165, 1.54) is 0 Å². The lowest BCUT2D eigenvalue weighted by atomic mass is 10.2. The normalized spacial score (nSPS) is 13.7. The first-order chi connectivity index (χ1) is 5.97. The fourth-order valence-electron chi connectivity index (χ4n) is 1.05. The molecule has 0 radical (unpaired) electrons. The molecule has 4 nitrogen and oxygen atoms in total. The van der Waals surface area contributed by atoms with E-state index < -0.39 is 12.0 Å². The van der Waals surface area contributed by atoms with Crippen molar-refractivity contribution in [1.29, 1.82) is 0 Å². The average molecular weight is 188 g/mol. The largest absolute Gasteiger partial charge is 0.480 e. The molecule has 0 aromatic rings. The number of hydrogen-bond acceptors (Lipinski definition) is 3. The molecule has 0 rings (SSSR count). The standard InChI is InChI=1S/C9H20N2O2/c1-5-11(4)6-8(9(12)13)10-7(2)3/h7-8,10H,5-6H2,1-4H3,(H,12,13). The Bertz CT molecular complexity index is 160. The highest BCUT2D eigenvalue weighted by Crippen LogP contribution is 1.92. The third-order valence-electron chi connectivity index (χ3n) is 1.87. The molecule has 0 heterocycles. The van der Waals surface area contributed by atoms with E-state index in [0.717, 1.165) is 6.54 Å². The van der Waals surface area contributed by atoms with Crippen molar-refractivity contribution in [2.24, 2.45) is 0 Å². The zero-order valence-corrected chi connectivity index (χ0v) is 8.87. The van der Waals surface area contributed by atoms with Crippen LogP contribution in [0.1, 0.15) is 20.8 Å². The van der Waals surface area contributed by atoms with Gasteiger partial charge in [0.15, 0.2) is 0 Å². The van der Waals surface area contributed by atoms with Gasteiger partial charge in [0.05, 0.1) is 0 Å². The Labute approximate surface area is 79.9 Å². The lowest BCUT2D eigenvalue weighted by molar-refractivity contribution is -0.140. The van der Waals surface area contributed by atoms with Crippen LogP contribution in [-0.2, 0) is 4.79 Å². The minimum Gasteiger partial charge on any atom is -0.480 e. The summed E-state index contributed by atoms with van der Waals surface area (Å²) in [5.41, 5.74) is 0. The Kier molecular flexibility index (Phi) is 5.66. The molecule has 78 valence electrons. The third kappa shape index (κ3) is 5.60. The molecule has 0 fully saturated rings. The van der Waals surface area contributed by atoms with Gasteiger partial charge < -0.3 is 15.3 Å². The first-order valence-electron chi connectivity index (χ1n) is 4.64. The maximum Gasteiger partial charge on any atom is 0.322 e. The van der Waals surface area contributed by atoms with Crippen molar-refractivity contribution in [2.75, 3.05) is 20.1 Å². The molecular formula is C9H20N2O2. The van der Waals surface area contributed by atoms with E-state index in [1.54, 1.807) is 0 Å². The first kappa shape index (κ1) is 12.4. The molecule has 1 unspecified atom stereocenters. The van der Waals surface area contributed by atoms with E-state index in [2.05, 4.69) is 5.32 Å². The van der Waals surface area contributed by atoms with Gasteiger partial charge in [0.25, 0.3) is 0 Å². The summed E-state index contributed by atoms with van der Waals surface area (Å²) in [5, 5.41) is 11.9. The molecule has 13 heavy (non-hydrogen) atoms. The van der Waals surface area contributed by atoms with Crippen molar-refractivity contribution in [3.8, 4) is 0 Å². The summed E-state index contributed by atoms with van der Waals surface area (Å²) < 4.78 is 0. The lowest BCUT2D eigenvalue weighted by Crippen LogP contribution is -2.47. The molecule has 0 aromatic carbocycles. The average Bonchev–Trinajstić information content (AvgIpc) is 2.02. The van der Waals surface area contributed by atoms with Crippen molar-refractivity contribution in [3.63, 3.8) is 0 Å². The summed E-state index contributed by atoms with van der Waals surface area (Å²) in [6.07, 6.45) is 0. The van der Waals surface area contributed by atoms with Crippen LogP contribution in [0.25, 0.3) is 0 Å². The van der Waals surface area contributed by atoms with Crippen molar-refractivity contribution in [3.05, 3.63) is 0 Å². The number of hydrogen-bond donors (Lipinski definition) is 2. The Balaban J connectivity index is 4.02. The van der Waals surface area contributed by atoms with Gasteiger partial charge in [-0.1, -0.05) is 20.8 Å². The minimum absolute atomic E-state index is 0.200. The van der Waals surface area contributed by atoms with Crippen molar-refractivity contribution < 1.29 is 9.90 Å². The summed E-state index contributed by atoms with van der Waals surface area (Å²) in [6, 6.07) is -0.267. The van der Waals surface area contributed by atoms with Crippen LogP contribution in [0.4, 0.5) is 0 Å². The number of carboxylic acid groups (broad SMARTS) is 1. The van der Waals surface area contributed by atoms with Gasteiger partial charge in [-0.15, -0.1) is 0 Å². The van der Waals surface area contributed by atoms with Crippen LogP contribution in [0.2, 0.25) is 0 Å². The molecule has 0 saturated heterocycles. The third-order valence-corrected chi connectivity index (χ3v) is 1.87. The molecule has 0 spiro atoms. The molecule has 0 aliphatic carbocycles. The number of carboxylic acids is 1. The van der Waals surface area contributed by atoms with Crippen LogP contribution in [0.3, 0.4) is 0 Å². The monoisotopic (exact) mass is 188 g/mol. The molecular weight excluding hydrogens is 168 g/mol. The zero-order chi connectivity index (χ0) is 10.4. The fraction of sp³-hybridized carbons (Fsp3) is 0.889. The van der Waals surface area contributed by atoms with Crippen molar-refractivity contribution in [2.45, 2.75) is 32.9 Å². The van der Waals surface area contributed by atoms with E-state index in [-0.39, 0.29) is 6.04 Å². The smallest absolute Gasteiger partial charge is 0.322 e. The Morgan fingerprint density at radius 3 is 2.38 bits per heavy atom. The highest BCUT2D eigenvalue weighted by molar-refractivity contribution is 5.73. The number of nitrogens with zero attached hydrogens (tertiary/aromatic N) is 1. The maximum atomic E-state index is 10.8. The Hall–Kier alpha value is -0.610. The van der Waals surface area contributed by atoms with E-state index in [9.17, 15) is 4.79 Å². The molecule has 0 aliphatic rings. The van der Waals surface area contributed by atoms with E-state index in [1.807, 2.05) is 32.7 Å². The quantitative estimate of drug-likeness (QED) is 0.633. The molecule has 0 aliphatic heterocycles. The highest BCUT2D eigenvalue weighted by Gasteiger charge is 2.18. The van der Waals surface area contributed by atoms with Crippen LogP contribution in [-0.4, -0.2) is 48.2 Å². The van der Waals surface area contributed by atoms with Crippen LogP contribution in [0, 0.1) is 0 Å². The predicted molar refractivity (Wildman–Crippen MR) is 52.9 cm³/mol. The van der Waals surface area contributed by atoms with Crippen molar-refractivity contribution in [1.82, 2.24) is 10.2 Å². The number of rotatable bonds is 6. The lowest BCUT2D eigenvalue weighted by Gasteiger charge is -2.22. The number of likely N-dealkylation sites (N-methyl/N-ethyl adjacent to an activating group) is 1. The molecule has 2 N–H and O–H groups in total. The summed E-state index contributed by atoms with van der Waals surface area (Å²) in [4.78, 5) is 12.8. The fourth-order valence-corrected chi connectivity index (χ4v) is 1.05. The second kappa shape index (κ2) is 5.94. The molecule has 1 atom stereocenters. The second-order valence-electron chi connectivity index (χ2n) is 3.57. The van der Waals surface area contributed by atoms with Crippen LogP contribution >= 0.6 is 0 Å². The van der Waals surface area contributed by atoms with Gasteiger partial charge in [-0.05, 0) is 13.6 Å². The maximum absolute atomic E-state index is 10.8. The van der Waals surface area contributed by atoms with Gasteiger partial charge in [-0.25, -0.2) is 0 Å². The molecule has 0 bridgehead atoms. The van der Waals surface area contributed by atoms with E-state index >= 15 is 0 Å². The highest BCUT2D eigenvalue weighted by atomic mass is 16.4. The van der Waals surface area contributed by atoms with E-state index in [4.69, 9.17) is 5.11 Å². The van der Waals surface area contributed by atoms with E-state index in [0.29, 0.717) is 6.54 Å². The Morgan fingerprint density at radius 2 is 2.08 bits per heavy atom. The second-order valence-corrected chi connectivity index (χ2v) is 3.57. The van der Waals surface area contributed by atoms with Crippen molar-refractivity contribution >= 4 is 5.97 Å². The van der Waals surface area contributed by atoms with Crippen LogP contribution in [0.15, 0.2) is 0 Å². The summed E-state index contributed by atoms with van der Waals surface area (Å²) in [5.74, 6) is -0.783. The first-order valence-corrected chi connectivity index (χ1v) is 4.64. The van der Waals surface area contributed by atoms with Gasteiger partial charge in [0.2, 0.25) is 0 Å². The molecule has 0 amide bonds.